The Kier molecular flexibility index (Phi) is 6.09. The van der Waals surface area contributed by atoms with E-state index >= 15 is 0 Å². The van der Waals surface area contributed by atoms with Crippen LogP contribution in [0.1, 0.15) is 24.8 Å². The molecule has 0 saturated carbocycles. The lowest BCUT2D eigenvalue weighted by molar-refractivity contribution is 0.105. The molecule has 1 aromatic rings. The van der Waals surface area contributed by atoms with Crippen LogP contribution in [0.5, 0.6) is 5.75 Å². The SMILES string of the molecule is Cc1cccc(OCC(O)CNCC2CC=CCC2)c1. The molecule has 2 N–H and O–H groups in total. The quantitative estimate of drug-likeness (QED) is 0.752. The minimum atomic E-state index is -0.463. The molecule has 0 heterocycles. The smallest absolute Gasteiger partial charge is 0.119 e. The molecular formula is C17H25NO2. The topological polar surface area (TPSA) is 41.5 Å². The summed E-state index contributed by atoms with van der Waals surface area (Å²) in [6.45, 7) is 3.93. The molecule has 2 unspecified atom stereocenters. The van der Waals surface area contributed by atoms with Crippen LogP contribution < -0.4 is 10.1 Å². The van der Waals surface area contributed by atoms with Crippen molar-refractivity contribution >= 4 is 0 Å². The summed E-state index contributed by atoms with van der Waals surface area (Å²) in [5.74, 6) is 1.53. The molecule has 0 fully saturated rings. The molecular weight excluding hydrogens is 250 g/mol. The van der Waals surface area contributed by atoms with E-state index in [0.717, 1.165) is 18.7 Å². The van der Waals surface area contributed by atoms with Gasteiger partial charge >= 0.3 is 0 Å². The zero-order valence-corrected chi connectivity index (χ0v) is 12.2. The molecule has 20 heavy (non-hydrogen) atoms. The monoisotopic (exact) mass is 275 g/mol. The van der Waals surface area contributed by atoms with Gasteiger partial charge in [-0.1, -0.05) is 24.3 Å². The second kappa shape index (κ2) is 8.08. The summed E-state index contributed by atoms with van der Waals surface area (Å²) in [6, 6.07) is 7.89. The van der Waals surface area contributed by atoms with E-state index in [1.807, 2.05) is 31.2 Å². The van der Waals surface area contributed by atoms with Crippen molar-refractivity contribution in [2.75, 3.05) is 19.7 Å². The average Bonchev–Trinajstić information content (AvgIpc) is 2.46. The van der Waals surface area contributed by atoms with E-state index in [2.05, 4.69) is 17.5 Å². The number of aryl methyl sites for hydroxylation is 1. The van der Waals surface area contributed by atoms with Crippen LogP contribution in [0.3, 0.4) is 0 Å². The van der Waals surface area contributed by atoms with E-state index in [1.165, 1.54) is 18.4 Å². The Morgan fingerprint density at radius 2 is 2.30 bits per heavy atom. The van der Waals surface area contributed by atoms with Crippen molar-refractivity contribution in [2.45, 2.75) is 32.3 Å². The van der Waals surface area contributed by atoms with Gasteiger partial charge in [0.15, 0.2) is 0 Å². The molecule has 0 amide bonds. The number of aliphatic hydroxyl groups is 1. The van der Waals surface area contributed by atoms with Gasteiger partial charge in [0, 0.05) is 6.54 Å². The highest BCUT2D eigenvalue weighted by Gasteiger charge is 2.11. The molecule has 2 rings (SSSR count). The Balaban J connectivity index is 1.60. The number of benzene rings is 1. The molecule has 3 heteroatoms. The van der Waals surface area contributed by atoms with Crippen LogP contribution in [0.2, 0.25) is 0 Å². The highest BCUT2D eigenvalue weighted by atomic mass is 16.5. The first-order chi connectivity index (χ1) is 9.74. The molecule has 2 atom stereocenters. The maximum absolute atomic E-state index is 9.91. The summed E-state index contributed by atoms with van der Waals surface area (Å²) < 4.78 is 5.59. The van der Waals surface area contributed by atoms with Gasteiger partial charge in [0.1, 0.15) is 18.5 Å². The average molecular weight is 275 g/mol. The maximum atomic E-state index is 9.91. The molecule has 110 valence electrons. The lowest BCUT2D eigenvalue weighted by atomic mass is 9.94. The fourth-order valence-corrected chi connectivity index (χ4v) is 2.45. The third-order valence-corrected chi connectivity index (χ3v) is 3.62. The molecule has 1 aromatic carbocycles. The van der Waals surface area contributed by atoms with Crippen LogP contribution in [0.4, 0.5) is 0 Å². The number of ether oxygens (including phenoxy) is 1. The molecule has 0 saturated heterocycles. The summed E-state index contributed by atoms with van der Waals surface area (Å²) in [4.78, 5) is 0. The Hall–Kier alpha value is -1.32. The number of rotatable bonds is 7. The van der Waals surface area contributed by atoms with E-state index in [1.54, 1.807) is 0 Å². The zero-order valence-electron chi connectivity index (χ0n) is 12.2. The van der Waals surface area contributed by atoms with E-state index in [4.69, 9.17) is 4.74 Å². The zero-order chi connectivity index (χ0) is 14.2. The minimum Gasteiger partial charge on any atom is -0.491 e. The predicted octanol–water partition coefficient (Wildman–Crippen LogP) is 2.68. The fourth-order valence-electron chi connectivity index (χ4n) is 2.45. The van der Waals surface area contributed by atoms with Crippen molar-refractivity contribution in [2.24, 2.45) is 5.92 Å². The molecule has 0 bridgehead atoms. The van der Waals surface area contributed by atoms with Crippen LogP contribution in [0.15, 0.2) is 36.4 Å². The normalized spacial score (nSPS) is 19.8. The summed E-state index contributed by atoms with van der Waals surface area (Å²) in [6.07, 6.45) is 7.64. The molecule has 0 spiro atoms. The summed E-state index contributed by atoms with van der Waals surface area (Å²) >= 11 is 0. The van der Waals surface area contributed by atoms with Crippen molar-refractivity contribution in [3.8, 4) is 5.75 Å². The number of nitrogens with one attached hydrogen (secondary N) is 1. The van der Waals surface area contributed by atoms with Crippen LogP contribution in [0, 0.1) is 12.8 Å². The molecule has 0 radical (unpaired) electrons. The van der Waals surface area contributed by atoms with Gasteiger partial charge in [0.25, 0.3) is 0 Å². The third kappa shape index (κ3) is 5.35. The molecule has 1 aliphatic rings. The van der Waals surface area contributed by atoms with Gasteiger partial charge in [-0.2, -0.15) is 0 Å². The van der Waals surface area contributed by atoms with E-state index in [0.29, 0.717) is 19.1 Å². The first-order valence-electron chi connectivity index (χ1n) is 7.47. The standard InChI is InChI=1S/C17H25NO2/c1-14-6-5-9-17(10-14)20-13-16(19)12-18-11-15-7-3-2-4-8-15/h2-3,5-6,9-10,15-16,18-19H,4,7-8,11-13H2,1H3. The Labute approximate surface area is 121 Å². The second-order valence-electron chi connectivity index (χ2n) is 5.59. The van der Waals surface area contributed by atoms with Crippen LogP contribution in [-0.4, -0.2) is 30.9 Å². The van der Waals surface area contributed by atoms with E-state index < -0.39 is 6.10 Å². The Bertz CT molecular complexity index is 431. The minimum absolute atomic E-state index is 0.334. The third-order valence-electron chi connectivity index (χ3n) is 3.62. The Morgan fingerprint density at radius 1 is 1.40 bits per heavy atom. The van der Waals surface area contributed by atoms with E-state index in [9.17, 15) is 5.11 Å². The molecule has 0 aliphatic heterocycles. The summed E-state index contributed by atoms with van der Waals surface area (Å²) in [5, 5.41) is 13.2. The first-order valence-corrected chi connectivity index (χ1v) is 7.47. The van der Waals surface area contributed by atoms with E-state index in [-0.39, 0.29) is 0 Å². The largest absolute Gasteiger partial charge is 0.491 e. The van der Waals surface area contributed by atoms with Crippen LogP contribution in [-0.2, 0) is 0 Å². The Morgan fingerprint density at radius 3 is 3.05 bits per heavy atom. The highest BCUT2D eigenvalue weighted by molar-refractivity contribution is 5.27. The predicted molar refractivity (Wildman–Crippen MR) is 82.0 cm³/mol. The maximum Gasteiger partial charge on any atom is 0.119 e. The van der Waals surface area contributed by atoms with Gasteiger partial charge < -0.3 is 15.2 Å². The first kappa shape index (κ1) is 15.1. The highest BCUT2D eigenvalue weighted by Crippen LogP contribution is 2.16. The number of hydrogen-bond donors (Lipinski definition) is 2. The van der Waals surface area contributed by atoms with Crippen LogP contribution in [0.25, 0.3) is 0 Å². The summed E-state index contributed by atoms with van der Waals surface area (Å²) in [5.41, 5.74) is 1.17. The van der Waals surface area contributed by atoms with Gasteiger partial charge in [-0.3, -0.25) is 0 Å². The van der Waals surface area contributed by atoms with Gasteiger partial charge in [-0.05, 0) is 56.3 Å². The van der Waals surface area contributed by atoms with Gasteiger partial charge in [0.05, 0.1) is 0 Å². The number of allylic oxidation sites excluding steroid dienone is 2. The van der Waals surface area contributed by atoms with Crippen molar-refractivity contribution < 1.29 is 9.84 Å². The fraction of sp³-hybridized carbons (Fsp3) is 0.529. The van der Waals surface area contributed by atoms with Crippen LogP contribution >= 0.6 is 0 Å². The van der Waals surface area contributed by atoms with Crippen molar-refractivity contribution in [3.63, 3.8) is 0 Å². The van der Waals surface area contributed by atoms with Crippen molar-refractivity contribution in [3.05, 3.63) is 42.0 Å². The lowest BCUT2D eigenvalue weighted by Crippen LogP contribution is -2.34. The lowest BCUT2D eigenvalue weighted by Gasteiger charge is -2.19. The molecule has 1 aliphatic carbocycles. The summed E-state index contributed by atoms with van der Waals surface area (Å²) in [7, 11) is 0. The number of hydrogen-bond acceptors (Lipinski definition) is 3. The molecule has 0 aromatic heterocycles. The second-order valence-corrected chi connectivity index (χ2v) is 5.59. The van der Waals surface area contributed by atoms with Crippen molar-refractivity contribution in [1.82, 2.24) is 5.32 Å². The van der Waals surface area contributed by atoms with Gasteiger partial charge in [0.2, 0.25) is 0 Å². The number of aliphatic hydroxyl groups excluding tert-OH is 1. The van der Waals surface area contributed by atoms with Gasteiger partial charge in [-0.15, -0.1) is 0 Å². The van der Waals surface area contributed by atoms with Gasteiger partial charge in [-0.25, -0.2) is 0 Å². The molecule has 3 nitrogen and oxygen atoms in total. The van der Waals surface area contributed by atoms with Crippen molar-refractivity contribution in [1.29, 1.82) is 0 Å².